The van der Waals surface area contributed by atoms with Crippen molar-refractivity contribution in [1.29, 1.82) is 0 Å². The van der Waals surface area contributed by atoms with Crippen molar-refractivity contribution in [3.63, 3.8) is 0 Å². The fraction of sp³-hybridized carbons (Fsp3) is 0.400. The number of fused-ring (bicyclic) bond motifs is 1. The number of ether oxygens (including phenoxy) is 1. The van der Waals surface area contributed by atoms with E-state index in [-0.39, 0.29) is 0 Å². The first-order valence-electron chi connectivity index (χ1n) is 6.97. The largest absolute Gasteiger partial charge is 0.491 e. The van der Waals surface area contributed by atoms with Gasteiger partial charge in [0.1, 0.15) is 18.6 Å². The maximum Gasteiger partial charge on any atom is 0.297 e. The van der Waals surface area contributed by atoms with E-state index in [0.717, 1.165) is 43.2 Å². The second kappa shape index (κ2) is 5.96. The standard InChI is InChI=1S/C15H19N3O2/c1-2-16-9-13-11-20-15(17-13)18-7-8-19-14-6-4-3-5-12(14)10-18/h3-6,11,16H,2,7-10H2,1H3. The molecule has 0 amide bonds. The van der Waals surface area contributed by atoms with Crippen molar-refractivity contribution in [2.75, 3.05) is 24.6 Å². The van der Waals surface area contributed by atoms with Gasteiger partial charge in [0.15, 0.2) is 0 Å². The summed E-state index contributed by atoms with van der Waals surface area (Å²) in [4.78, 5) is 6.64. The third-order valence-electron chi connectivity index (χ3n) is 3.32. The molecule has 1 aliphatic rings. The molecule has 0 bridgehead atoms. The van der Waals surface area contributed by atoms with Crippen LogP contribution in [0.5, 0.6) is 5.75 Å². The van der Waals surface area contributed by atoms with Crippen LogP contribution < -0.4 is 15.0 Å². The smallest absolute Gasteiger partial charge is 0.297 e. The minimum absolute atomic E-state index is 0.641. The molecule has 0 fully saturated rings. The van der Waals surface area contributed by atoms with E-state index in [4.69, 9.17) is 9.15 Å². The van der Waals surface area contributed by atoms with E-state index >= 15 is 0 Å². The van der Waals surface area contributed by atoms with Crippen LogP contribution in [0.1, 0.15) is 18.2 Å². The van der Waals surface area contributed by atoms with Crippen LogP contribution in [0.25, 0.3) is 0 Å². The van der Waals surface area contributed by atoms with Gasteiger partial charge in [-0.3, -0.25) is 0 Å². The number of nitrogens with one attached hydrogen (secondary N) is 1. The molecule has 5 nitrogen and oxygen atoms in total. The highest BCUT2D eigenvalue weighted by atomic mass is 16.5. The van der Waals surface area contributed by atoms with Crippen LogP contribution in [-0.4, -0.2) is 24.7 Å². The van der Waals surface area contributed by atoms with Crippen LogP contribution in [-0.2, 0) is 13.1 Å². The van der Waals surface area contributed by atoms with Gasteiger partial charge in [-0.05, 0) is 12.6 Å². The van der Waals surface area contributed by atoms with E-state index in [9.17, 15) is 0 Å². The van der Waals surface area contributed by atoms with Crippen molar-refractivity contribution in [3.8, 4) is 5.75 Å². The summed E-state index contributed by atoms with van der Waals surface area (Å²) < 4.78 is 11.3. The van der Waals surface area contributed by atoms with Gasteiger partial charge in [-0.1, -0.05) is 25.1 Å². The summed E-state index contributed by atoms with van der Waals surface area (Å²) in [7, 11) is 0. The lowest BCUT2D eigenvalue weighted by molar-refractivity contribution is 0.329. The highest BCUT2D eigenvalue weighted by Crippen LogP contribution is 2.25. The lowest BCUT2D eigenvalue weighted by atomic mass is 10.2. The third-order valence-corrected chi connectivity index (χ3v) is 3.32. The van der Waals surface area contributed by atoms with Gasteiger partial charge in [-0.2, -0.15) is 4.98 Å². The Morgan fingerprint density at radius 1 is 1.35 bits per heavy atom. The van der Waals surface area contributed by atoms with Gasteiger partial charge < -0.3 is 19.4 Å². The second-order valence-electron chi connectivity index (χ2n) is 4.78. The molecule has 1 N–H and O–H groups in total. The topological polar surface area (TPSA) is 50.5 Å². The van der Waals surface area contributed by atoms with Crippen molar-refractivity contribution in [3.05, 3.63) is 41.8 Å². The molecule has 0 unspecified atom stereocenters. The minimum Gasteiger partial charge on any atom is -0.491 e. The van der Waals surface area contributed by atoms with Crippen molar-refractivity contribution in [1.82, 2.24) is 10.3 Å². The molecule has 2 aromatic rings. The molecule has 1 aromatic heterocycles. The molecule has 0 spiro atoms. The fourth-order valence-electron chi connectivity index (χ4n) is 2.26. The zero-order valence-corrected chi connectivity index (χ0v) is 11.6. The Morgan fingerprint density at radius 3 is 3.15 bits per heavy atom. The van der Waals surface area contributed by atoms with E-state index < -0.39 is 0 Å². The molecule has 1 aromatic carbocycles. The van der Waals surface area contributed by atoms with Crippen molar-refractivity contribution < 1.29 is 9.15 Å². The second-order valence-corrected chi connectivity index (χ2v) is 4.78. The van der Waals surface area contributed by atoms with Crippen LogP contribution >= 0.6 is 0 Å². The molecule has 0 saturated carbocycles. The monoisotopic (exact) mass is 273 g/mol. The number of hydrogen-bond acceptors (Lipinski definition) is 5. The first-order chi connectivity index (χ1) is 9.86. The Morgan fingerprint density at radius 2 is 2.25 bits per heavy atom. The van der Waals surface area contributed by atoms with Crippen LogP contribution in [0, 0.1) is 0 Å². The highest BCUT2D eigenvalue weighted by Gasteiger charge is 2.18. The maximum atomic E-state index is 5.75. The lowest BCUT2D eigenvalue weighted by Gasteiger charge is -2.16. The fourth-order valence-corrected chi connectivity index (χ4v) is 2.26. The van der Waals surface area contributed by atoms with E-state index in [1.165, 1.54) is 0 Å². The van der Waals surface area contributed by atoms with Crippen LogP contribution in [0.3, 0.4) is 0 Å². The average Bonchev–Trinajstić information content (AvgIpc) is 2.84. The zero-order chi connectivity index (χ0) is 13.8. The molecular weight excluding hydrogens is 254 g/mol. The van der Waals surface area contributed by atoms with Crippen LogP contribution in [0.4, 0.5) is 6.01 Å². The minimum atomic E-state index is 0.641. The SMILES string of the molecule is CCNCc1coc(N2CCOc3ccccc3C2)n1. The number of hydrogen-bond donors (Lipinski definition) is 1. The summed E-state index contributed by atoms with van der Waals surface area (Å²) in [6.45, 7) is 5.91. The number of benzene rings is 1. The van der Waals surface area contributed by atoms with E-state index in [2.05, 4.69) is 28.2 Å². The third kappa shape index (κ3) is 2.77. The zero-order valence-electron chi connectivity index (χ0n) is 11.6. The van der Waals surface area contributed by atoms with Crippen molar-refractivity contribution in [2.45, 2.75) is 20.0 Å². The molecule has 0 aliphatic carbocycles. The molecule has 20 heavy (non-hydrogen) atoms. The number of anilines is 1. The van der Waals surface area contributed by atoms with Gasteiger partial charge in [-0.15, -0.1) is 0 Å². The lowest BCUT2D eigenvalue weighted by Crippen LogP contribution is -2.25. The maximum absolute atomic E-state index is 5.75. The molecule has 5 heteroatoms. The van der Waals surface area contributed by atoms with E-state index in [1.54, 1.807) is 6.26 Å². The summed E-state index contributed by atoms with van der Waals surface area (Å²) >= 11 is 0. The van der Waals surface area contributed by atoms with Gasteiger partial charge in [0.2, 0.25) is 0 Å². The first-order valence-corrected chi connectivity index (χ1v) is 6.97. The Kier molecular flexibility index (Phi) is 3.87. The Balaban J connectivity index is 1.75. The molecule has 2 heterocycles. The molecule has 0 saturated heterocycles. The van der Waals surface area contributed by atoms with Gasteiger partial charge in [0, 0.05) is 12.1 Å². The number of nitrogens with zero attached hydrogens (tertiary/aromatic N) is 2. The summed E-state index contributed by atoms with van der Waals surface area (Å²) in [6.07, 6.45) is 1.72. The van der Waals surface area contributed by atoms with Gasteiger partial charge in [0.25, 0.3) is 6.01 Å². The summed E-state index contributed by atoms with van der Waals surface area (Å²) in [5.41, 5.74) is 2.09. The van der Waals surface area contributed by atoms with Gasteiger partial charge in [0.05, 0.1) is 18.8 Å². The van der Waals surface area contributed by atoms with Crippen LogP contribution in [0.2, 0.25) is 0 Å². The molecule has 1 aliphatic heterocycles. The van der Waals surface area contributed by atoms with E-state index in [0.29, 0.717) is 12.6 Å². The summed E-state index contributed by atoms with van der Waals surface area (Å²) in [6, 6.07) is 8.77. The quantitative estimate of drug-likeness (QED) is 0.925. The number of rotatable bonds is 4. The number of aromatic nitrogens is 1. The highest BCUT2D eigenvalue weighted by molar-refractivity contribution is 5.39. The van der Waals surface area contributed by atoms with Crippen molar-refractivity contribution >= 4 is 6.01 Å². The van der Waals surface area contributed by atoms with Crippen molar-refractivity contribution in [2.24, 2.45) is 0 Å². The van der Waals surface area contributed by atoms with Crippen LogP contribution in [0.15, 0.2) is 34.9 Å². The molecular formula is C15H19N3O2. The molecule has 0 radical (unpaired) electrons. The normalized spacial score (nSPS) is 14.6. The van der Waals surface area contributed by atoms with Gasteiger partial charge in [-0.25, -0.2) is 0 Å². The molecule has 3 rings (SSSR count). The first kappa shape index (κ1) is 13.0. The number of para-hydroxylation sites is 1. The Bertz CT molecular complexity index is 568. The number of oxazole rings is 1. The average molecular weight is 273 g/mol. The summed E-state index contributed by atoms with van der Waals surface area (Å²) in [5.74, 6) is 0.953. The Labute approximate surface area is 118 Å². The molecule has 106 valence electrons. The Hall–Kier alpha value is -2.01. The predicted octanol–water partition coefficient (Wildman–Crippen LogP) is 2.18. The summed E-state index contributed by atoms with van der Waals surface area (Å²) in [5, 5.41) is 3.24. The van der Waals surface area contributed by atoms with E-state index in [1.807, 2.05) is 18.2 Å². The van der Waals surface area contributed by atoms with Gasteiger partial charge >= 0.3 is 0 Å². The molecule has 0 atom stereocenters. The predicted molar refractivity (Wildman–Crippen MR) is 76.9 cm³/mol.